The van der Waals surface area contributed by atoms with Gasteiger partial charge in [0.25, 0.3) is 0 Å². The number of halogens is 1. The van der Waals surface area contributed by atoms with Gasteiger partial charge in [-0.05, 0) is 60.9 Å². The number of carbonyl (C=O) groups is 2. The van der Waals surface area contributed by atoms with Crippen molar-refractivity contribution in [1.29, 1.82) is 0 Å². The molecule has 4 nitrogen and oxygen atoms in total. The highest BCUT2D eigenvalue weighted by Gasteiger charge is 2.44. The minimum Gasteiger partial charge on any atom is -0.359 e. The number of amides is 2. The van der Waals surface area contributed by atoms with Crippen molar-refractivity contribution in [3.05, 3.63) is 59.9 Å². The van der Waals surface area contributed by atoms with E-state index in [1.807, 2.05) is 35.2 Å². The smallest absolute Gasteiger partial charge is 0.226 e. The fourth-order valence-electron chi connectivity index (χ4n) is 4.47. The first-order valence-electron chi connectivity index (χ1n) is 10.4. The van der Waals surface area contributed by atoms with Crippen molar-refractivity contribution in [1.82, 2.24) is 10.2 Å². The maximum absolute atomic E-state index is 13.8. The zero-order chi connectivity index (χ0) is 20.4. The van der Waals surface area contributed by atoms with Gasteiger partial charge in [-0.15, -0.1) is 0 Å². The van der Waals surface area contributed by atoms with Gasteiger partial charge in [0, 0.05) is 26.1 Å². The van der Waals surface area contributed by atoms with E-state index in [0.717, 1.165) is 29.5 Å². The van der Waals surface area contributed by atoms with Crippen molar-refractivity contribution in [2.75, 3.05) is 20.1 Å². The molecule has 1 aliphatic carbocycles. The molecule has 2 aromatic carbocycles. The Bertz CT molecular complexity index is 915. The first-order valence-corrected chi connectivity index (χ1v) is 10.4. The van der Waals surface area contributed by atoms with Crippen LogP contribution in [0.3, 0.4) is 0 Å². The summed E-state index contributed by atoms with van der Waals surface area (Å²) in [5.41, 5.74) is 2.24. The molecule has 1 N–H and O–H groups in total. The van der Waals surface area contributed by atoms with Gasteiger partial charge in [0.15, 0.2) is 0 Å². The SMILES string of the molecule is CNC(=O)C1(Cc2ccccc2-c2cccc(F)c2)CCN(C(=O)C2CC2)CC1. The quantitative estimate of drug-likeness (QED) is 0.839. The van der Waals surface area contributed by atoms with E-state index in [0.29, 0.717) is 32.4 Å². The van der Waals surface area contributed by atoms with E-state index >= 15 is 0 Å². The van der Waals surface area contributed by atoms with Crippen LogP contribution in [0.2, 0.25) is 0 Å². The number of hydrogen-bond acceptors (Lipinski definition) is 2. The van der Waals surface area contributed by atoms with Crippen molar-refractivity contribution in [2.45, 2.75) is 32.1 Å². The lowest BCUT2D eigenvalue weighted by molar-refractivity contribution is -0.141. The van der Waals surface area contributed by atoms with Crippen LogP contribution in [0.4, 0.5) is 4.39 Å². The Morgan fingerprint density at radius 1 is 1.10 bits per heavy atom. The number of rotatable bonds is 5. The molecular weight excluding hydrogens is 367 g/mol. The van der Waals surface area contributed by atoms with Crippen LogP contribution in [-0.4, -0.2) is 36.9 Å². The van der Waals surface area contributed by atoms with Crippen LogP contribution < -0.4 is 5.32 Å². The summed E-state index contributed by atoms with van der Waals surface area (Å²) in [6.45, 7) is 1.23. The van der Waals surface area contributed by atoms with E-state index < -0.39 is 5.41 Å². The average Bonchev–Trinajstić information content (AvgIpc) is 3.59. The Labute approximate surface area is 171 Å². The molecule has 2 fully saturated rings. The highest BCUT2D eigenvalue weighted by Crippen LogP contribution is 2.40. The standard InChI is InChI=1S/C24H27FN2O2/c1-26-23(29)24(11-13-27(14-12-24)22(28)17-9-10-17)16-19-5-2-3-8-21(19)18-6-4-7-20(25)15-18/h2-8,15,17H,9-14,16H2,1H3,(H,26,29). The molecule has 1 heterocycles. The zero-order valence-corrected chi connectivity index (χ0v) is 16.8. The summed E-state index contributed by atoms with van der Waals surface area (Å²) in [4.78, 5) is 27.3. The van der Waals surface area contributed by atoms with Gasteiger partial charge in [-0.3, -0.25) is 9.59 Å². The first kappa shape index (κ1) is 19.6. The van der Waals surface area contributed by atoms with Crippen LogP contribution in [-0.2, 0) is 16.0 Å². The number of likely N-dealkylation sites (tertiary alicyclic amines) is 1. The minimum atomic E-state index is -0.557. The molecule has 2 aliphatic rings. The lowest BCUT2D eigenvalue weighted by Crippen LogP contribution is -2.51. The average molecular weight is 394 g/mol. The lowest BCUT2D eigenvalue weighted by Gasteiger charge is -2.41. The molecule has 1 aliphatic heterocycles. The molecule has 1 saturated heterocycles. The number of nitrogens with zero attached hydrogens (tertiary/aromatic N) is 1. The molecule has 2 amide bonds. The predicted octanol–water partition coefficient (Wildman–Crippen LogP) is 3.80. The van der Waals surface area contributed by atoms with Gasteiger partial charge in [0.2, 0.25) is 11.8 Å². The van der Waals surface area contributed by atoms with Crippen LogP contribution in [0.25, 0.3) is 11.1 Å². The maximum atomic E-state index is 13.8. The summed E-state index contributed by atoms with van der Waals surface area (Å²) >= 11 is 0. The fraction of sp³-hybridized carbons (Fsp3) is 0.417. The predicted molar refractivity (Wildman–Crippen MR) is 111 cm³/mol. The summed E-state index contributed by atoms with van der Waals surface area (Å²) < 4.78 is 13.8. The summed E-state index contributed by atoms with van der Waals surface area (Å²) in [6.07, 6.45) is 3.85. The number of carbonyl (C=O) groups excluding carboxylic acids is 2. The van der Waals surface area contributed by atoms with E-state index in [9.17, 15) is 14.0 Å². The first-order chi connectivity index (χ1) is 14.0. The maximum Gasteiger partial charge on any atom is 0.226 e. The Morgan fingerprint density at radius 2 is 1.83 bits per heavy atom. The molecule has 152 valence electrons. The second-order valence-electron chi connectivity index (χ2n) is 8.30. The molecule has 0 bridgehead atoms. The Hall–Kier alpha value is -2.69. The molecule has 0 radical (unpaired) electrons. The van der Waals surface area contributed by atoms with E-state index in [1.165, 1.54) is 12.1 Å². The Balaban J connectivity index is 1.60. The fourth-order valence-corrected chi connectivity index (χ4v) is 4.47. The Morgan fingerprint density at radius 3 is 2.48 bits per heavy atom. The highest BCUT2D eigenvalue weighted by molar-refractivity contribution is 5.85. The van der Waals surface area contributed by atoms with Gasteiger partial charge >= 0.3 is 0 Å². The largest absolute Gasteiger partial charge is 0.359 e. The highest BCUT2D eigenvalue weighted by atomic mass is 19.1. The molecule has 0 atom stereocenters. The van der Waals surface area contributed by atoms with Crippen molar-refractivity contribution in [3.8, 4) is 11.1 Å². The summed E-state index contributed by atoms with van der Waals surface area (Å²) in [5, 5.41) is 2.84. The van der Waals surface area contributed by atoms with E-state index in [2.05, 4.69) is 5.32 Å². The lowest BCUT2D eigenvalue weighted by atomic mass is 9.72. The number of hydrogen-bond donors (Lipinski definition) is 1. The molecule has 0 unspecified atom stereocenters. The number of nitrogens with one attached hydrogen (secondary N) is 1. The van der Waals surface area contributed by atoms with Crippen LogP contribution in [0.15, 0.2) is 48.5 Å². The monoisotopic (exact) mass is 394 g/mol. The van der Waals surface area contributed by atoms with E-state index in [-0.39, 0.29) is 23.5 Å². The molecule has 29 heavy (non-hydrogen) atoms. The third kappa shape index (κ3) is 4.04. The summed E-state index contributed by atoms with van der Waals surface area (Å²) in [5.74, 6) is 0.196. The molecule has 0 aromatic heterocycles. The number of benzene rings is 2. The van der Waals surface area contributed by atoms with Gasteiger partial charge < -0.3 is 10.2 Å². The summed E-state index contributed by atoms with van der Waals surface area (Å²) in [7, 11) is 1.67. The van der Waals surface area contributed by atoms with Crippen molar-refractivity contribution >= 4 is 11.8 Å². The Kier molecular flexibility index (Phi) is 5.39. The summed E-state index contributed by atoms with van der Waals surface area (Å²) in [6, 6.07) is 14.5. The van der Waals surface area contributed by atoms with E-state index in [4.69, 9.17) is 0 Å². The molecule has 4 rings (SSSR count). The second-order valence-corrected chi connectivity index (χ2v) is 8.30. The third-order valence-electron chi connectivity index (χ3n) is 6.35. The van der Waals surface area contributed by atoms with Crippen LogP contribution >= 0.6 is 0 Å². The third-order valence-corrected chi connectivity index (χ3v) is 6.35. The second kappa shape index (κ2) is 7.97. The molecule has 2 aromatic rings. The van der Waals surface area contributed by atoms with Crippen LogP contribution in [0.5, 0.6) is 0 Å². The van der Waals surface area contributed by atoms with Crippen molar-refractivity contribution in [2.24, 2.45) is 11.3 Å². The minimum absolute atomic E-state index is 0.0186. The van der Waals surface area contributed by atoms with Crippen LogP contribution in [0, 0.1) is 17.2 Å². The zero-order valence-electron chi connectivity index (χ0n) is 16.8. The van der Waals surface area contributed by atoms with Gasteiger partial charge in [0.1, 0.15) is 5.82 Å². The normalized spacial score (nSPS) is 18.3. The molecule has 5 heteroatoms. The van der Waals surface area contributed by atoms with Crippen molar-refractivity contribution < 1.29 is 14.0 Å². The number of piperidine rings is 1. The molecule has 1 saturated carbocycles. The van der Waals surface area contributed by atoms with Crippen LogP contribution in [0.1, 0.15) is 31.2 Å². The van der Waals surface area contributed by atoms with Gasteiger partial charge in [0.05, 0.1) is 5.41 Å². The van der Waals surface area contributed by atoms with Gasteiger partial charge in [-0.1, -0.05) is 36.4 Å². The molecule has 0 spiro atoms. The van der Waals surface area contributed by atoms with E-state index in [1.54, 1.807) is 13.1 Å². The van der Waals surface area contributed by atoms with Gasteiger partial charge in [-0.25, -0.2) is 4.39 Å². The van der Waals surface area contributed by atoms with Gasteiger partial charge in [-0.2, -0.15) is 0 Å². The van der Waals surface area contributed by atoms with Crippen molar-refractivity contribution in [3.63, 3.8) is 0 Å². The topological polar surface area (TPSA) is 49.4 Å². The molecular formula is C24H27FN2O2.